The highest BCUT2D eigenvalue weighted by Gasteiger charge is 2.36. The van der Waals surface area contributed by atoms with Gasteiger partial charge in [-0.3, -0.25) is 5.32 Å². The molecular formula is C15H19NO3. The van der Waals surface area contributed by atoms with Crippen LogP contribution in [0, 0.1) is 0 Å². The maximum Gasteiger partial charge on any atom is 0.411 e. The molecule has 1 amide bonds. The Kier molecular flexibility index (Phi) is 3.69. The number of carbonyl (C=O) groups excluding carboxylic acids is 1. The molecule has 4 nitrogen and oxygen atoms in total. The number of ether oxygens (including phenoxy) is 2. The number of carbonyl (C=O) groups is 1. The molecule has 2 saturated heterocycles. The molecule has 2 heterocycles. The Morgan fingerprint density at radius 2 is 2.00 bits per heavy atom. The Hall–Kier alpha value is -1.55. The van der Waals surface area contributed by atoms with E-state index in [0.29, 0.717) is 6.10 Å². The van der Waals surface area contributed by atoms with Crippen molar-refractivity contribution in [3.05, 3.63) is 30.3 Å². The average Bonchev–Trinajstić information content (AvgIpc) is 2.78. The second-order valence-corrected chi connectivity index (χ2v) is 5.24. The van der Waals surface area contributed by atoms with Crippen molar-refractivity contribution in [1.29, 1.82) is 0 Å². The number of hydrogen-bond donors (Lipinski definition) is 1. The summed E-state index contributed by atoms with van der Waals surface area (Å²) in [5.41, 5.74) is 0.756. The van der Waals surface area contributed by atoms with Gasteiger partial charge >= 0.3 is 6.09 Å². The van der Waals surface area contributed by atoms with Crippen LogP contribution < -0.4 is 5.32 Å². The van der Waals surface area contributed by atoms with Crippen molar-refractivity contribution >= 4 is 11.8 Å². The fourth-order valence-corrected chi connectivity index (χ4v) is 2.89. The fraction of sp³-hybridized carbons (Fsp3) is 0.533. The van der Waals surface area contributed by atoms with Gasteiger partial charge in [-0.1, -0.05) is 18.2 Å². The van der Waals surface area contributed by atoms with E-state index in [1.807, 2.05) is 30.3 Å². The van der Waals surface area contributed by atoms with Gasteiger partial charge in [-0.25, -0.2) is 4.79 Å². The molecule has 3 atom stereocenters. The van der Waals surface area contributed by atoms with E-state index in [1.165, 1.54) is 0 Å². The van der Waals surface area contributed by atoms with Crippen LogP contribution in [0.25, 0.3) is 0 Å². The lowest BCUT2D eigenvalue weighted by atomic mass is 9.99. The molecule has 0 saturated carbocycles. The third-order valence-electron chi connectivity index (χ3n) is 3.85. The van der Waals surface area contributed by atoms with Gasteiger partial charge in [-0.2, -0.15) is 0 Å². The summed E-state index contributed by atoms with van der Waals surface area (Å²) in [6, 6.07) is 9.36. The molecule has 102 valence electrons. The predicted molar refractivity (Wildman–Crippen MR) is 72.1 cm³/mol. The average molecular weight is 261 g/mol. The molecule has 0 spiro atoms. The Morgan fingerprint density at radius 1 is 1.16 bits per heavy atom. The topological polar surface area (TPSA) is 47.6 Å². The van der Waals surface area contributed by atoms with E-state index in [0.717, 1.165) is 37.8 Å². The van der Waals surface area contributed by atoms with E-state index in [9.17, 15) is 4.79 Å². The summed E-state index contributed by atoms with van der Waals surface area (Å²) < 4.78 is 11.4. The van der Waals surface area contributed by atoms with E-state index in [-0.39, 0.29) is 18.3 Å². The smallest absolute Gasteiger partial charge is 0.411 e. The van der Waals surface area contributed by atoms with Gasteiger partial charge in [-0.15, -0.1) is 0 Å². The van der Waals surface area contributed by atoms with Crippen LogP contribution in [0.4, 0.5) is 10.5 Å². The zero-order chi connectivity index (χ0) is 13.1. The van der Waals surface area contributed by atoms with Crippen molar-refractivity contribution < 1.29 is 14.3 Å². The Bertz CT molecular complexity index is 434. The number of anilines is 1. The fourth-order valence-electron chi connectivity index (χ4n) is 2.89. The van der Waals surface area contributed by atoms with Crippen molar-refractivity contribution in [2.75, 3.05) is 5.32 Å². The monoisotopic (exact) mass is 261 g/mol. The number of amides is 1. The maximum absolute atomic E-state index is 11.9. The van der Waals surface area contributed by atoms with Gasteiger partial charge in [0.15, 0.2) is 0 Å². The number of rotatable bonds is 2. The molecule has 3 rings (SSSR count). The van der Waals surface area contributed by atoms with Gasteiger partial charge in [-0.05, 0) is 44.2 Å². The summed E-state index contributed by atoms with van der Waals surface area (Å²) in [6.07, 6.45) is 5.18. The first-order valence-electron chi connectivity index (χ1n) is 6.99. The molecule has 1 N–H and O–H groups in total. The largest absolute Gasteiger partial charge is 0.443 e. The lowest BCUT2D eigenvalue weighted by molar-refractivity contribution is -0.0255. The van der Waals surface area contributed by atoms with Crippen LogP contribution in [0.15, 0.2) is 30.3 Å². The third kappa shape index (κ3) is 3.07. The highest BCUT2D eigenvalue weighted by molar-refractivity contribution is 5.84. The summed E-state index contributed by atoms with van der Waals surface area (Å²) in [4.78, 5) is 11.9. The van der Waals surface area contributed by atoms with Crippen molar-refractivity contribution in [2.24, 2.45) is 0 Å². The van der Waals surface area contributed by atoms with Gasteiger partial charge in [0.05, 0.1) is 12.2 Å². The minimum atomic E-state index is -0.384. The minimum absolute atomic E-state index is 0.0917. The zero-order valence-electron chi connectivity index (χ0n) is 10.9. The van der Waals surface area contributed by atoms with Gasteiger partial charge in [0.1, 0.15) is 6.10 Å². The molecule has 2 aliphatic heterocycles. The van der Waals surface area contributed by atoms with E-state index in [4.69, 9.17) is 9.47 Å². The predicted octanol–water partition coefficient (Wildman–Crippen LogP) is 3.34. The first-order chi connectivity index (χ1) is 9.31. The van der Waals surface area contributed by atoms with Crippen molar-refractivity contribution in [1.82, 2.24) is 0 Å². The first kappa shape index (κ1) is 12.5. The Morgan fingerprint density at radius 3 is 2.84 bits per heavy atom. The van der Waals surface area contributed by atoms with Crippen LogP contribution in [0.3, 0.4) is 0 Å². The van der Waals surface area contributed by atoms with Crippen LogP contribution in [0.5, 0.6) is 0 Å². The summed E-state index contributed by atoms with van der Waals surface area (Å²) in [5, 5.41) is 2.75. The summed E-state index contributed by atoms with van der Waals surface area (Å²) in [7, 11) is 0. The standard InChI is InChI=1S/C15H19NO3/c17-15(16-11-5-2-1-3-6-11)19-13-8-4-7-12-9-10-14(13)18-12/h1-3,5-6,12-14H,4,7-10H2,(H,16,17)/t12-,13-,14+/m0/s1. The van der Waals surface area contributed by atoms with Crippen LogP contribution >= 0.6 is 0 Å². The third-order valence-corrected chi connectivity index (χ3v) is 3.85. The van der Waals surface area contributed by atoms with Crippen molar-refractivity contribution in [3.63, 3.8) is 0 Å². The molecule has 2 aliphatic rings. The number of nitrogens with one attached hydrogen (secondary N) is 1. The number of para-hydroxylation sites is 1. The van der Waals surface area contributed by atoms with E-state index < -0.39 is 0 Å². The van der Waals surface area contributed by atoms with Crippen LogP contribution in [0.2, 0.25) is 0 Å². The summed E-state index contributed by atoms with van der Waals surface area (Å²) >= 11 is 0. The molecule has 19 heavy (non-hydrogen) atoms. The van der Waals surface area contributed by atoms with Gasteiger partial charge in [0, 0.05) is 5.69 Å². The van der Waals surface area contributed by atoms with Crippen molar-refractivity contribution in [2.45, 2.75) is 50.4 Å². The molecule has 4 heteroatoms. The van der Waals surface area contributed by atoms with Gasteiger partial charge < -0.3 is 9.47 Å². The molecule has 2 fully saturated rings. The molecule has 2 bridgehead atoms. The van der Waals surface area contributed by atoms with Crippen LogP contribution in [-0.4, -0.2) is 24.4 Å². The summed E-state index contributed by atoms with van der Waals surface area (Å²) in [5.74, 6) is 0. The molecular weight excluding hydrogens is 242 g/mol. The van der Waals surface area contributed by atoms with Gasteiger partial charge in [0.2, 0.25) is 0 Å². The second kappa shape index (κ2) is 5.61. The maximum atomic E-state index is 11.9. The van der Waals surface area contributed by atoms with E-state index in [1.54, 1.807) is 0 Å². The number of hydrogen-bond acceptors (Lipinski definition) is 3. The lowest BCUT2D eigenvalue weighted by Gasteiger charge is -2.21. The Balaban J connectivity index is 1.56. The molecule has 1 aromatic rings. The molecule has 0 aromatic heterocycles. The van der Waals surface area contributed by atoms with Gasteiger partial charge in [0.25, 0.3) is 0 Å². The zero-order valence-corrected chi connectivity index (χ0v) is 10.9. The highest BCUT2D eigenvalue weighted by atomic mass is 16.6. The first-order valence-corrected chi connectivity index (χ1v) is 6.99. The van der Waals surface area contributed by atoms with Crippen molar-refractivity contribution in [3.8, 4) is 0 Å². The number of benzene rings is 1. The number of fused-ring (bicyclic) bond motifs is 2. The molecule has 0 unspecified atom stereocenters. The minimum Gasteiger partial charge on any atom is -0.443 e. The molecule has 1 aromatic carbocycles. The quantitative estimate of drug-likeness (QED) is 0.888. The second-order valence-electron chi connectivity index (χ2n) is 5.24. The molecule has 0 radical (unpaired) electrons. The summed E-state index contributed by atoms with van der Waals surface area (Å²) in [6.45, 7) is 0. The lowest BCUT2D eigenvalue weighted by Crippen LogP contribution is -2.32. The normalized spacial score (nSPS) is 29.6. The Labute approximate surface area is 113 Å². The van der Waals surface area contributed by atoms with Crippen LogP contribution in [-0.2, 0) is 9.47 Å². The van der Waals surface area contributed by atoms with E-state index in [2.05, 4.69) is 5.32 Å². The van der Waals surface area contributed by atoms with E-state index >= 15 is 0 Å². The highest BCUT2D eigenvalue weighted by Crippen LogP contribution is 2.32. The molecule has 0 aliphatic carbocycles. The SMILES string of the molecule is O=C(Nc1ccccc1)O[C@H]1CCC[C@H]2CC[C@H]1O2. The van der Waals surface area contributed by atoms with Crippen LogP contribution in [0.1, 0.15) is 32.1 Å².